The monoisotopic (exact) mass is 602 g/mol. The lowest BCUT2D eigenvalue weighted by Crippen LogP contribution is -2.35. The Morgan fingerprint density at radius 2 is 1.68 bits per heavy atom. The summed E-state index contributed by atoms with van der Waals surface area (Å²) in [6.45, 7) is 6.91. The highest BCUT2D eigenvalue weighted by molar-refractivity contribution is 5.94. The first-order valence-corrected chi connectivity index (χ1v) is 15.5. The van der Waals surface area contributed by atoms with E-state index in [1.807, 2.05) is 36.1 Å². The summed E-state index contributed by atoms with van der Waals surface area (Å²) in [5, 5.41) is 13.7. The number of aliphatic carboxylic acids is 1. The number of carbonyl (C=O) groups is 2. The molecule has 0 bridgehead atoms. The zero-order valence-corrected chi connectivity index (χ0v) is 25.4. The normalized spacial score (nSPS) is 21.0. The van der Waals surface area contributed by atoms with Crippen molar-refractivity contribution in [2.45, 2.75) is 58.4 Å². The summed E-state index contributed by atoms with van der Waals surface area (Å²) in [6.07, 6.45) is 3.88. The first-order valence-electron chi connectivity index (χ1n) is 15.5. The molecule has 3 aliphatic rings. The molecular weight excluding hydrogens is 563 g/mol. The lowest BCUT2D eigenvalue weighted by molar-refractivity contribution is -0.143. The van der Waals surface area contributed by atoms with Crippen molar-refractivity contribution in [3.63, 3.8) is 0 Å². The van der Waals surface area contributed by atoms with E-state index in [2.05, 4.69) is 31.3 Å². The second-order valence-corrected chi connectivity index (χ2v) is 12.1. The largest absolute Gasteiger partial charge is 0.493 e. The zero-order chi connectivity index (χ0) is 31.0. The highest BCUT2D eigenvalue weighted by Crippen LogP contribution is 2.48. The fourth-order valence-electron chi connectivity index (χ4n) is 6.61. The van der Waals surface area contributed by atoms with Gasteiger partial charge in [-0.3, -0.25) is 14.5 Å². The van der Waals surface area contributed by atoms with Gasteiger partial charge in [-0.2, -0.15) is 0 Å². The van der Waals surface area contributed by atoms with Gasteiger partial charge in [-0.05, 0) is 79.0 Å². The van der Waals surface area contributed by atoms with Crippen molar-refractivity contribution in [1.29, 1.82) is 0 Å². The number of carboxylic acids is 1. The van der Waals surface area contributed by atoms with Crippen LogP contribution in [-0.4, -0.2) is 48.4 Å². The van der Waals surface area contributed by atoms with Crippen molar-refractivity contribution in [3.05, 3.63) is 82.2 Å². The summed E-state index contributed by atoms with van der Waals surface area (Å²) in [6, 6.07) is 13.7. The Morgan fingerprint density at radius 3 is 2.30 bits per heavy atom. The van der Waals surface area contributed by atoms with Gasteiger partial charge in [-0.25, -0.2) is 4.39 Å². The number of amides is 1. The van der Waals surface area contributed by atoms with E-state index >= 15 is 4.39 Å². The Balaban J connectivity index is 1.33. The van der Waals surface area contributed by atoms with E-state index < -0.39 is 29.7 Å². The molecule has 3 aromatic rings. The Bertz CT molecular complexity index is 1530. The molecule has 1 saturated heterocycles. The number of rotatable bonds is 11. The third-order valence-corrected chi connectivity index (χ3v) is 9.00. The number of nitrogens with one attached hydrogen (secondary N) is 1. The van der Waals surface area contributed by atoms with Crippen LogP contribution < -0.4 is 19.5 Å². The van der Waals surface area contributed by atoms with Crippen LogP contribution in [0, 0.1) is 24.6 Å². The number of likely N-dealkylation sites (tertiary alicyclic amines) is 1. The van der Waals surface area contributed by atoms with E-state index in [0.717, 1.165) is 40.8 Å². The van der Waals surface area contributed by atoms with Crippen molar-refractivity contribution >= 4 is 17.6 Å². The summed E-state index contributed by atoms with van der Waals surface area (Å²) in [5.74, 6) is -1.63. The molecule has 9 heteroatoms. The third kappa shape index (κ3) is 6.11. The van der Waals surface area contributed by atoms with Crippen LogP contribution >= 0.6 is 0 Å². The number of carboxylic acid groups (broad SMARTS) is 1. The van der Waals surface area contributed by atoms with E-state index in [-0.39, 0.29) is 31.4 Å². The average Bonchev–Trinajstić information content (AvgIpc) is 3.61. The number of hydrogen-bond donors (Lipinski definition) is 2. The van der Waals surface area contributed by atoms with Crippen LogP contribution in [0.5, 0.6) is 17.2 Å². The molecule has 2 heterocycles. The number of fused-ring (bicyclic) bond motifs is 1. The van der Waals surface area contributed by atoms with Crippen LogP contribution in [0.1, 0.15) is 66.5 Å². The van der Waals surface area contributed by atoms with Gasteiger partial charge >= 0.3 is 5.97 Å². The molecule has 1 aliphatic carbocycles. The van der Waals surface area contributed by atoms with Crippen molar-refractivity contribution < 1.29 is 33.3 Å². The molecule has 0 unspecified atom stereocenters. The molecule has 3 aromatic carbocycles. The fraction of sp³-hybridized carbons (Fsp3) is 0.429. The number of anilines is 1. The minimum atomic E-state index is -1.06. The summed E-state index contributed by atoms with van der Waals surface area (Å²) in [4.78, 5) is 28.5. The zero-order valence-electron chi connectivity index (χ0n) is 25.4. The summed E-state index contributed by atoms with van der Waals surface area (Å²) in [7, 11) is 0. The quantitative estimate of drug-likeness (QED) is 0.268. The van der Waals surface area contributed by atoms with Crippen molar-refractivity contribution in [2.75, 3.05) is 31.8 Å². The molecule has 3 atom stereocenters. The van der Waals surface area contributed by atoms with Gasteiger partial charge in [0.2, 0.25) is 12.7 Å². The molecule has 44 heavy (non-hydrogen) atoms. The summed E-state index contributed by atoms with van der Waals surface area (Å²) >= 11 is 0. The van der Waals surface area contributed by atoms with E-state index in [4.69, 9.17) is 14.2 Å². The minimum Gasteiger partial charge on any atom is -0.493 e. The second kappa shape index (κ2) is 12.5. The van der Waals surface area contributed by atoms with Crippen LogP contribution in [0.15, 0.2) is 48.5 Å². The second-order valence-electron chi connectivity index (χ2n) is 12.1. The molecule has 0 aromatic heterocycles. The Morgan fingerprint density at radius 1 is 1.02 bits per heavy atom. The molecule has 1 amide bonds. The molecule has 8 nitrogen and oxygen atoms in total. The van der Waals surface area contributed by atoms with Crippen LogP contribution in [0.3, 0.4) is 0 Å². The van der Waals surface area contributed by atoms with Crippen LogP contribution in [0.25, 0.3) is 0 Å². The maximum absolute atomic E-state index is 15.5. The molecular formula is C35H39FN2O6. The summed E-state index contributed by atoms with van der Waals surface area (Å²) < 4.78 is 32.2. The maximum atomic E-state index is 15.5. The van der Waals surface area contributed by atoms with Gasteiger partial charge in [0.05, 0.1) is 19.1 Å². The lowest BCUT2D eigenvalue weighted by Gasteiger charge is -2.27. The molecule has 6 rings (SSSR count). The SMILES string of the molecule is CCc1cc(C)cc(CC)c1NC(=O)CN1C[C@H](c2cc3c(cc2F)OCO3)[C@@H](C(=O)O)[C@@H]1c1ccc(OCC2CC2)cc1. The van der Waals surface area contributed by atoms with Gasteiger partial charge in [0, 0.05) is 30.3 Å². The molecule has 1 saturated carbocycles. The molecule has 0 spiro atoms. The van der Waals surface area contributed by atoms with Gasteiger partial charge in [0.25, 0.3) is 0 Å². The smallest absolute Gasteiger partial charge is 0.309 e. The van der Waals surface area contributed by atoms with E-state index in [0.29, 0.717) is 29.8 Å². The van der Waals surface area contributed by atoms with Gasteiger partial charge in [0.15, 0.2) is 11.5 Å². The van der Waals surface area contributed by atoms with Crippen molar-refractivity contribution in [1.82, 2.24) is 4.90 Å². The van der Waals surface area contributed by atoms with Crippen LogP contribution in [-0.2, 0) is 22.4 Å². The predicted octanol–water partition coefficient (Wildman–Crippen LogP) is 6.26. The van der Waals surface area contributed by atoms with Crippen LogP contribution in [0.2, 0.25) is 0 Å². The van der Waals surface area contributed by atoms with E-state index in [1.54, 1.807) is 6.07 Å². The minimum absolute atomic E-state index is 0.0200. The average molecular weight is 603 g/mol. The number of nitrogens with zero attached hydrogens (tertiary/aromatic N) is 1. The van der Waals surface area contributed by atoms with Crippen molar-refractivity contribution in [3.8, 4) is 17.2 Å². The highest BCUT2D eigenvalue weighted by atomic mass is 19.1. The number of carbonyl (C=O) groups excluding carboxylic acids is 1. The van der Waals surface area contributed by atoms with Crippen LogP contribution in [0.4, 0.5) is 10.1 Å². The molecule has 2 fully saturated rings. The first-order chi connectivity index (χ1) is 21.2. The number of ether oxygens (including phenoxy) is 3. The highest BCUT2D eigenvalue weighted by Gasteiger charge is 2.49. The lowest BCUT2D eigenvalue weighted by atomic mass is 9.82. The Kier molecular flexibility index (Phi) is 8.49. The molecule has 0 radical (unpaired) electrons. The van der Waals surface area contributed by atoms with Crippen molar-refractivity contribution in [2.24, 2.45) is 11.8 Å². The first kappa shape index (κ1) is 29.9. The standard InChI is InChI=1S/C35H39FN2O6/c1-4-22-12-20(3)13-23(5-2)33(22)37-31(39)17-38-16-27(26-14-29-30(15-28(26)36)44-19-43-29)32(35(40)41)34(38)24-8-10-25(11-9-24)42-18-21-6-7-21/h8-15,21,27,32,34H,4-7,16-19H2,1-3H3,(H,37,39)(H,40,41)/t27-,32-,34+/m1/s1. The Labute approximate surface area is 257 Å². The number of aryl methyl sites for hydroxylation is 3. The fourth-order valence-corrected chi connectivity index (χ4v) is 6.61. The van der Waals surface area contributed by atoms with Gasteiger partial charge < -0.3 is 24.6 Å². The molecule has 2 aliphatic heterocycles. The predicted molar refractivity (Wildman–Crippen MR) is 164 cm³/mol. The van der Waals surface area contributed by atoms with Gasteiger partial charge in [0.1, 0.15) is 11.6 Å². The third-order valence-electron chi connectivity index (χ3n) is 9.00. The molecule has 2 N–H and O–H groups in total. The number of hydrogen-bond acceptors (Lipinski definition) is 6. The summed E-state index contributed by atoms with van der Waals surface area (Å²) in [5.41, 5.74) is 5.02. The topological polar surface area (TPSA) is 97.3 Å². The van der Waals surface area contributed by atoms with E-state index in [1.165, 1.54) is 18.9 Å². The number of benzene rings is 3. The van der Waals surface area contributed by atoms with Gasteiger partial charge in [-0.15, -0.1) is 0 Å². The number of halogens is 1. The maximum Gasteiger partial charge on any atom is 0.309 e. The van der Waals surface area contributed by atoms with Gasteiger partial charge in [-0.1, -0.05) is 43.7 Å². The molecule has 232 valence electrons. The van der Waals surface area contributed by atoms with E-state index in [9.17, 15) is 14.7 Å². The Hall–Kier alpha value is -4.11.